The lowest BCUT2D eigenvalue weighted by Crippen LogP contribution is -2.01. The van der Waals surface area contributed by atoms with E-state index in [0.29, 0.717) is 17.7 Å². The van der Waals surface area contributed by atoms with E-state index >= 15 is 0 Å². The van der Waals surface area contributed by atoms with E-state index in [1.165, 1.54) is 12.1 Å². The number of hydrogen-bond donors (Lipinski definition) is 1. The lowest BCUT2D eigenvalue weighted by Gasteiger charge is -2.09. The molecule has 2 aromatic carbocycles. The number of rotatable bonds is 4. The predicted molar refractivity (Wildman–Crippen MR) is 76.3 cm³/mol. The molecule has 0 radical (unpaired) electrons. The predicted octanol–water partition coefficient (Wildman–Crippen LogP) is 3.96. The van der Waals surface area contributed by atoms with Gasteiger partial charge in [-0.15, -0.1) is 0 Å². The van der Waals surface area contributed by atoms with Gasteiger partial charge in [0.25, 0.3) is 5.69 Å². The smallest absolute Gasteiger partial charge is 0.269 e. The third-order valence-electron chi connectivity index (χ3n) is 3.07. The second-order valence-electron chi connectivity index (χ2n) is 4.70. The zero-order valence-corrected chi connectivity index (χ0v) is 11.3. The van der Waals surface area contributed by atoms with Crippen LogP contribution in [0.5, 0.6) is 0 Å². The second kappa shape index (κ2) is 5.69. The van der Waals surface area contributed by atoms with Crippen LogP contribution < -0.4 is 5.32 Å². The third kappa shape index (κ3) is 3.12. The maximum atomic E-state index is 13.5. The molecule has 0 saturated heterocycles. The van der Waals surface area contributed by atoms with E-state index in [4.69, 9.17) is 0 Å². The summed E-state index contributed by atoms with van der Waals surface area (Å²) >= 11 is 0. The SMILES string of the molecule is Cc1cc(CNc2ccc([N+](=O)[O-])cc2)cc(C)c1F. The fraction of sp³-hybridized carbons (Fsp3) is 0.200. The molecule has 0 aliphatic heterocycles. The molecular formula is C15H15FN2O2. The Morgan fingerprint density at radius 1 is 1.15 bits per heavy atom. The van der Waals surface area contributed by atoms with Gasteiger partial charge in [-0.25, -0.2) is 4.39 Å². The quantitative estimate of drug-likeness (QED) is 0.678. The summed E-state index contributed by atoms with van der Waals surface area (Å²) in [6, 6.07) is 9.79. The van der Waals surface area contributed by atoms with Crippen molar-refractivity contribution >= 4 is 11.4 Å². The van der Waals surface area contributed by atoms with Gasteiger partial charge in [-0.1, -0.05) is 12.1 Å². The van der Waals surface area contributed by atoms with Gasteiger partial charge < -0.3 is 5.32 Å². The number of nitrogens with one attached hydrogen (secondary N) is 1. The van der Waals surface area contributed by atoms with Crippen LogP contribution in [0.25, 0.3) is 0 Å². The van der Waals surface area contributed by atoms with E-state index in [9.17, 15) is 14.5 Å². The zero-order chi connectivity index (χ0) is 14.7. The molecule has 0 saturated carbocycles. The molecule has 0 heterocycles. The summed E-state index contributed by atoms with van der Waals surface area (Å²) in [7, 11) is 0. The number of benzene rings is 2. The van der Waals surface area contributed by atoms with E-state index in [1.807, 2.05) is 0 Å². The summed E-state index contributed by atoms with van der Waals surface area (Å²) in [6.45, 7) is 4.01. The molecule has 104 valence electrons. The minimum Gasteiger partial charge on any atom is -0.381 e. The molecule has 5 heteroatoms. The van der Waals surface area contributed by atoms with Crippen molar-refractivity contribution in [3.05, 3.63) is 69.0 Å². The third-order valence-corrected chi connectivity index (χ3v) is 3.07. The van der Waals surface area contributed by atoms with Crippen molar-refractivity contribution in [1.29, 1.82) is 0 Å². The minimum absolute atomic E-state index is 0.0593. The Bertz CT molecular complexity index is 616. The molecule has 20 heavy (non-hydrogen) atoms. The van der Waals surface area contributed by atoms with Crippen LogP contribution in [-0.2, 0) is 6.54 Å². The molecule has 0 aliphatic carbocycles. The maximum absolute atomic E-state index is 13.5. The average molecular weight is 274 g/mol. The number of non-ortho nitro benzene ring substituents is 1. The minimum atomic E-state index is -0.434. The number of aryl methyl sites for hydroxylation is 2. The standard InChI is InChI=1S/C15H15FN2O2/c1-10-7-12(8-11(2)15(10)16)9-17-13-3-5-14(6-4-13)18(19)20/h3-8,17H,9H2,1-2H3. The lowest BCUT2D eigenvalue weighted by molar-refractivity contribution is -0.384. The molecule has 2 rings (SSSR count). The van der Waals surface area contributed by atoms with Crippen LogP contribution in [0.4, 0.5) is 15.8 Å². The lowest BCUT2D eigenvalue weighted by atomic mass is 10.1. The molecule has 0 atom stereocenters. The van der Waals surface area contributed by atoms with E-state index in [1.54, 1.807) is 38.1 Å². The summed E-state index contributed by atoms with van der Waals surface area (Å²) in [5.41, 5.74) is 3.05. The van der Waals surface area contributed by atoms with Gasteiger partial charge in [0.15, 0.2) is 0 Å². The van der Waals surface area contributed by atoms with Gasteiger partial charge in [0, 0.05) is 24.4 Å². The van der Waals surface area contributed by atoms with Gasteiger partial charge in [0.1, 0.15) is 5.82 Å². The summed E-state index contributed by atoms with van der Waals surface area (Å²) in [6.07, 6.45) is 0. The van der Waals surface area contributed by atoms with Gasteiger partial charge in [0.2, 0.25) is 0 Å². The van der Waals surface area contributed by atoms with Crippen LogP contribution in [0.1, 0.15) is 16.7 Å². The molecule has 0 amide bonds. The van der Waals surface area contributed by atoms with Crippen LogP contribution in [0.15, 0.2) is 36.4 Å². The molecule has 0 aliphatic rings. The highest BCUT2D eigenvalue weighted by Crippen LogP contribution is 2.18. The van der Waals surface area contributed by atoms with Gasteiger partial charge in [-0.3, -0.25) is 10.1 Å². The average Bonchev–Trinajstić information content (AvgIpc) is 2.42. The van der Waals surface area contributed by atoms with Gasteiger partial charge >= 0.3 is 0 Å². The highest BCUT2D eigenvalue weighted by Gasteiger charge is 2.06. The molecule has 0 spiro atoms. The Morgan fingerprint density at radius 2 is 1.70 bits per heavy atom. The largest absolute Gasteiger partial charge is 0.381 e. The van der Waals surface area contributed by atoms with Crippen LogP contribution in [0.3, 0.4) is 0 Å². The number of nitro benzene ring substituents is 1. The maximum Gasteiger partial charge on any atom is 0.269 e. The molecule has 0 bridgehead atoms. The summed E-state index contributed by atoms with van der Waals surface area (Å²) in [4.78, 5) is 10.1. The first kappa shape index (κ1) is 14.0. The Hall–Kier alpha value is -2.43. The first-order valence-corrected chi connectivity index (χ1v) is 6.21. The summed E-state index contributed by atoms with van der Waals surface area (Å²) in [5.74, 6) is -0.177. The molecule has 0 fully saturated rings. The molecular weight excluding hydrogens is 259 g/mol. The van der Waals surface area contributed by atoms with Gasteiger partial charge in [0.05, 0.1) is 4.92 Å². The topological polar surface area (TPSA) is 55.2 Å². The highest BCUT2D eigenvalue weighted by atomic mass is 19.1. The van der Waals surface area contributed by atoms with Gasteiger partial charge in [-0.05, 0) is 42.7 Å². The van der Waals surface area contributed by atoms with Crippen molar-refractivity contribution in [1.82, 2.24) is 0 Å². The second-order valence-corrected chi connectivity index (χ2v) is 4.70. The Morgan fingerprint density at radius 3 is 2.20 bits per heavy atom. The normalized spacial score (nSPS) is 10.3. The number of hydrogen-bond acceptors (Lipinski definition) is 3. The Labute approximate surface area is 116 Å². The first-order chi connectivity index (χ1) is 9.47. The van der Waals surface area contributed by atoms with E-state index in [2.05, 4.69) is 5.32 Å². The van der Waals surface area contributed by atoms with Crippen molar-refractivity contribution in [2.24, 2.45) is 0 Å². The number of nitro groups is 1. The zero-order valence-electron chi connectivity index (χ0n) is 11.3. The Balaban J connectivity index is 2.07. The van der Waals surface area contributed by atoms with Crippen molar-refractivity contribution < 1.29 is 9.31 Å². The molecule has 4 nitrogen and oxygen atoms in total. The van der Waals surface area contributed by atoms with Crippen molar-refractivity contribution in [2.45, 2.75) is 20.4 Å². The van der Waals surface area contributed by atoms with Crippen molar-refractivity contribution in [2.75, 3.05) is 5.32 Å². The summed E-state index contributed by atoms with van der Waals surface area (Å²) < 4.78 is 13.5. The monoisotopic (exact) mass is 274 g/mol. The van der Waals surface area contributed by atoms with E-state index in [0.717, 1.165) is 11.3 Å². The summed E-state index contributed by atoms with van der Waals surface area (Å²) in [5, 5.41) is 13.7. The molecule has 2 aromatic rings. The van der Waals surface area contributed by atoms with Crippen LogP contribution in [0, 0.1) is 29.8 Å². The molecule has 0 unspecified atom stereocenters. The van der Waals surface area contributed by atoms with Crippen LogP contribution in [0.2, 0.25) is 0 Å². The number of halogens is 1. The fourth-order valence-electron chi connectivity index (χ4n) is 2.04. The van der Waals surface area contributed by atoms with Crippen LogP contribution in [-0.4, -0.2) is 4.92 Å². The number of anilines is 1. The van der Waals surface area contributed by atoms with E-state index < -0.39 is 4.92 Å². The van der Waals surface area contributed by atoms with Crippen LogP contribution >= 0.6 is 0 Å². The van der Waals surface area contributed by atoms with E-state index in [-0.39, 0.29) is 11.5 Å². The Kier molecular flexibility index (Phi) is 3.98. The van der Waals surface area contributed by atoms with Gasteiger partial charge in [-0.2, -0.15) is 0 Å². The number of nitrogens with zero attached hydrogens (tertiary/aromatic N) is 1. The molecule has 0 aromatic heterocycles. The highest BCUT2D eigenvalue weighted by molar-refractivity contribution is 5.49. The fourth-order valence-corrected chi connectivity index (χ4v) is 2.04. The van der Waals surface area contributed by atoms with Crippen molar-refractivity contribution in [3.63, 3.8) is 0 Å². The molecule has 1 N–H and O–H groups in total. The van der Waals surface area contributed by atoms with Crippen molar-refractivity contribution in [3.8, 4) is 0 Å². The first-order valence-electron chi connectivity index (χ1n) is 6.21.